The first-order valence-electron chi connectivity index (χ1n) is 7.28. The van der Waals surface area contributed by atoms with Crippen LogP contribution in [0.2, 0.25) is 0 Å². The Hall–Kier alpha value is -2.65. The zero-order valence-electron chi connectivity index (χ0n) is 12.3. The highest BCUT2D eigenvalue weighted by Gasteiger charge is 2.07. The summed E-state index contributed by atoms with van der Waals surface area (Å²) in [5.41, 5.74) is 9.66. The van der Waals surface area contributed by atoms with E-state index in [0.717, 1.165) is 28.1 Å². The number of hydrogen-bond acceptors (Lipinski definition) is 3. The molecule has 0 spiro atoms. The van der Waals surface area contributed by atoms with Crippen LogP contribution >= 0.6 is 0 Å². The van der Waals surface area contributed by atoms with Gasteiger partial charge in [0.1, 0.15) is 12.4 Å². The number of hydrogen-bond donors (Lipinski definition) is 1. The van der Waals surface area contributed by atoms with Crippen molar-refractivity contribution in [2.45, 2.75) is 13.2 Å². The number of nitrogens with two attached hydrogens (primary N) is 1. The predicted molar refractivity (Wildman–Crippen MR) is 88.3 cm³/mol. The van der Waals surface area contributed by atoms with Gasteiger partial charge in [0, 0.05) is 18.3 Å². The van der Waals surface area contributed by atoms with Crippen molar-refractivity contribution >= 4 is 0 Å². The Balaban J connectivity index is 1.83. The number of nitrogens with zero attached hydrogens (tertiary/aromatic N) is 1. The summed E-state index contributed by atoms with van der Waals surface area (Å²) in [5, 5.41) is 0. The third-order valence-electron chi connectivity index (χ3n) is 3.46. The first-order chi connectivity index (χ1) is 10.9. The molecule has 0 radical (unpaired) electrons. The Bertz CT molecular complexity index is 724. The molecule has 0 unspecified atom stereocenters. The van der Waals surface area contributed by atoms with E-state index in [2.05, 4.69) is 17.1 Å². The summed E-state index contributed by atoms with van der Waals surface area (Å²) in [4.78, 5) is 4.48. The van der Waals surface area contributed by atoms with Crippen LogP contribution in [0.4, 0.5) is 0 Å². The van der Waals surface area contributed by atoms with Crippen molar-refractivity contribution in [3.8, 4) is 17.0 Å². The van der Waals surface area contributed by atoms with Gasteiger partial charge < -0.3 is 10.5 Å². The van der Waals surface area contributed by atoms with Gasteiger partial charge in [0.15, 0.2) is 0 Å². The molecule has 0 atom stereocenters. The maximum atomic E-state index is 5.97. The van der Waals surface area contributed by atoms with Crippen molar-refractivity contribution in [1.29, 1.82) is 0 Å². The Morgan fingerprint density at radius 1 is 0.818 bits per heavy atom. The summed E-state index contributed by atoms with van der Waals surface area (Å²) < 4.78 is 5.97. The van der Waals surface area contributed by atoms with Crippen molar-refractivity contribution < 1.29 is 4.74 Å². The van der Waals surface area contributed by atoms with Gasteiger partial charge in [0.2, 0.25) is 0 Å². The largest absolute Gasteiger partial charge is 0.488 e. The first-order valence-corrected chi connectivity index (χ1v) is 7.28. The van der Waals surface area contributed by atoms with E-state index in [1.165, 1.54) is 0 Å². The lowest BCUT2D eigenvalue weighted by molar-refractivity contribution is 0.307. The molecule has 22 heavy (non-hydrogen) atoms. The number of aromatic nitrogens is 1. The van der Waals surface area contributed by atoms with Gasteiger partial charge in [-0.2, -0.15) is 0 Å². The minimum absolute atomic E-state index is 0.499. The van der Waals surface area contributed by atoms with E-state index in [1.54, 1.807) is 0 Å². The molecule has 1 heterocycles. The standard InChI is InChI=1S/C19H18N2O/c20-12-16-10-11-18(21-13-16)17-8-4-5-9-19(17)22-14-15-6-2-1-3-7-15/h1-11,13H,12,14,20H2. The van der Waals surface area contributed by atoms with Crippen LogP contribution in [-0.2, 0) is 13.2 Å². The normalized spacial score (nSPS) is 10.4. The fourth-order valence-corrected chi connectivity index (χ4v) is 2.24. The number of ether oxygens (including phenoxy) is 1. The van der Waals surface area contributed by atoms with Gasteiger partial charge >= 0.3 is 0 Å². The second kappa shape index (κ2) is 6.87. The van der Waals surface area contributed by atoms with Crippen molar-refractivity contribution in [3.05, 3.63) is 84.1 Å². The van der Waals surface area contributed by atoms with Crippen LogP contribution in [0, 0.1) is 0 Å². The molecular weight excluding hydrogens is 272 g/mol. The second-order valence-corrected chi connectivity index (χ2v) is 5.03. The monoisotopic (exact) mass is 290 g/mol. The van der Waals surface area contributed by atoms with Gasteiger partial charge in [-0.05, 0) is 29.3 Å². The van der Waals surface area contributed by atoms with Crippen LogP contribution in [0.1, 0.15) is 11.1 Å². The lowest BCUT2D eigenvalue weighted by atomic mass is 10.1. The molecule has 0 saturated carbocycles. The van der Waals surface area contributed by atoms with E-state index in [9.17, 15) is 0 Å². The minimum Gasteiger partial charge on any atom is -0.488 e. The summed E-state index contributed by atoms with van der Waals surface area (Å²) in [5.74, 6) is 0.833. The highest BCUT2D eigenvalue weighted by molar-refractivity contribution is 5.67. The Labute approximate surface area is 130 Å². The smallest absolute Gasteiger partial charge is 0.129 e. The number of para-hydroxylation sites is 1. The minimum atomic E-state index is 0.499. The summed E-state index contributed by atoms with van der Waals surface area (Å²) in [6.07, 6.45) is 1.81. The molecule has 3 heteroatoms. The average molecular weight is 290 g/mol. The van der Waals surface area contributed by atoms with Gasteiger partial charge in [-0.1, -0.05) is 48.5 Å². The summed E-state index contributed by atoms with van der Waals surface area (Å²) in [6, 6.07) is 22.1. The Morgan fingerprint density at radius 3 is 2.32 bits per heavy atom. The van der Waals surface area contributed by atoms with Crippen LogP contribution in [0.3, 0.4) is 0 Å². The second-order valence-electron chi connectivity index (χ2n) is 5.03. The van der Waals surface area contributed by atoms with E-state index in [-0.39, 0.29) is 0 Å². The SMILES string of the molecule is NCc1ccc(-c2ccccc2OCc2ccccc2)nc1. The zero-order valence-corrected chi connectivity index (χ0v) is 12.3. The average Bonchev–Trinajstić information content (AvgIpc) is 2.61. The molecular formula is C19H18N2O. The molecule has 2 aromatic carbocycles. The number of benzene rings is 2. The summed E-state index contributed by atoms with van der Waals surface area (Å²) >= 11 is 0. The predicted octanol–water partition coefficient (Wildman–Crippen LogP) is 3.79. The summed E-state index contributed by atoms with van der Waals surface area (Å²) in [6.45, 7) is 1.04. The highest BCUT2D eigenvalue weighted by Crippen LogP contribution is 2.29. The van der Waals surface area contributed by atoms with Gasteiger partial charge in [-0.3, -0.25) is 4.98 Å². The maximum Gasteiger partial charge on any atom is 0.129 e. The molecule has 3 nitrogen and oxygen atoms in total. The van der Waals surface area contributed by atoms with Crippen molar-refractivity contribution in [2.24, 2.45) is 5.73 Å². The van der Waals surface area contributed by atoms with Crippen LogP contribution in [0.25, 0.3) is 11.3 Å². The third-order valence-corrected chi connectivity index (χ3v) is 3.46. The quantitative estimate of drug-likeness (QED) is 0.777. The van der Waals surface area contributed by atoms with Crippen LogP contribution in [0.15, 0.2) is 72.9 Å². The molecule has 0 fully saturated rings. The zero-order chi connectivity index (χ0) is 15.2. The topological polar surface area (TPSA) is 48.1 Å². The number of rotatable bonds is 5. The van der Waals surface area contributed by atoms with E-state index < -0.39 is 0 Å². The van der Waals surface area contributed by atoms with E-state index in [0.29, 0.717) is 13.2 Å². The molecule has 0 aliphatic rings. The van der Waals surface area contributed by atoms with Gasteiger partial charge in [-0.25, -0.2) is 0 Å². The highest BCUT2D eigenvalue weighted by atomic mass is 16.5. The Kier molecular flexibility index (Phi) is 4.47. The molecule has 0 bridgehead atoms. The molecule has 0 saturated heterocycles. The van der Waals surface area contributed by atoms with E-state index in [1.807, 2.05) is 60.8 Å². The van der Waals surface area contributed by atoms with E-state index >= 15 is 0 Å². The van der Waals surface area contributed by atoms with Gasteiger partial charge in [0.25, 0.3) is 0 Å². The van der Waals surface area contributed by atoms with Crippen molar-refractivity contribution in [2.75, 3.05) is 0 Å². The molecule has 110 valence electrons. The molecule has 0 amide bonds. The molecule has 3 aromatic rings. The van der Waals surface area contributed by atoms with Gasteiger partial charge in [0.05, 0.1) is 5.69 Å². The van der Waals surface area contributed by atoms with Crippen LogP contribution < -0.4 is 10.5 Å². The summed E-state index contributed by atoms with van der Waals surface area (Å²) in [7, 11) is 0. The lowest BCUT2D eigenvalue weighted by Crippen LogP contribution is -1.99. The van der Waals surface area contributed by atoms with Gasteiger partial charge in [-0.15, -0.1) is 0 Å². The Morgan fingerprint density at radius 2 is 1.59 bits per heavy atom. The van der Waals surface area contributed by atoms with Crippen molar-refractivity contribution in [1.82, 2.24) is 4.98 Å². The molecule has 3 rings (SSSR count). The molecule has 0 aliphatic carbocycles. The molecule has 2 N–H and O–H groups in total. The van der Waals surface area contributed by atoms with Crippen LogP contribution in [0.5, 0.6) is 5.75 Å². The van der Waals surface area contributed by atoms with Crippen LogP contribution in [-0.4, -0.2) is 4.98 Å². The van der Waals surface area contributed by atoms with Crippen molar-refractivity contribution in [3.63, 3.8) is 0 Å². The fraction of sp³-hybridized carbons (Fsp3) is 0.105. The lowest BCUT2D eigenvalue weighted by Gasteiger charge is -2.11. The third kappa shape index (κ3) is 3.32. The molecule has 0 aliphatic heterocycles. The van der Waals surface area contributed by atoms with E-state index in [4.69, 9.17) is 10.5 Å². The molecule has 1 aromatic heterocycles. The maximum absolute atomic E-state index is 5.97. The fourth-order valence-electron chi connectivity index (χ4n) is 2.24. The first kappa shape index (κ1) is 14.3. The number of pyridine rings is 1.